The molecule has 126 valence electrons. The van der Waals surface area contributed by atoms with Crippen LogP contribution in [0.15, 0.2) is 54.6 Å². The number of halogens is 3. The van der Waals surface area contributed by atoms with Gasteiger partial charge in [-0.2, -0.15) is 13.2 Å². The number of carbonyl (C=O) groups excluding carboxylic acids is 1. The molecular weight excluding hydrogens is 327 g/mol. The van der Waals surface area contributed by atoms with Gasteiger partial charge in [0.1, 0.15) is 0 Å². The molecule has 0 saturated carbocycles. The van der Waals surface area contributed by atoms with Crippen molar-refractivity contribution < 1.29 is 18.0 Å². The Bertz CT molecular complexity index is 964. The van der Waals surface area contributed by atoms with Crippen molar-refractivity contribution in [1.82, 2.24) is 4.98 Å². The lowest BCUT2D eigenvalue weighted by Crippen LogP contribution is -2.32. The van der Waals surface area contributed by atoms with Crippen LogP contribution in [0.3, 0.4) is 0 Å². The molecule has 0 aliphatic heterocycles. The van der Waals surface area contributed by atoms with Crippen molar-refractivity contribution in [3.8, 4) is 11.1 Å². The van der Waals surface area contributed by atoms with Gasteiger partial charge in [0, 0.05) is 29.4 Å². The highest BCUT2D eigenvalue weighted by molar-refractivity contribution is 6.11. The molecule has 1 heterocycles. The number of rotatable bonds is 1. The van der Waals surface area contributed by atoms with E-state index in [4.69, 9.17) is 0 Å². The van der Waals surface area contributed by atoms with E-state index < -0.39 is 24.3 Å². The average molecular weight is 341 g/mol. The van der Waals surface area contributed by atoms with Crippen LogP contribution in [0.1, 0.15) is 22.5 Å². The summed E-state index contributed by atoms with van der Waals surface area (Å²) in [7, 11) is 0. The van der Waals surface area contributed by atoms with Crippen LogP contribution in [0.2, 0.25) is 0 Å². The molecule has 1 aromatic heterocycles. The monoisotopic (exact) mass is 341 g/mol. The smallest absolute Gasteiger partial charge is 0.294 e. The Balaban J connectivity index is 2.02. The van der Waals surface area contributed by atoms with Gasteiger partial charge in [0.25, 0.3) is 0 Å². The van der Waals surface area contributed by atoms with Gasteiger partial charge in [-0.1, -0.05) is 48.5 Å². The van der Waals surface area contributed by atoms with Crippen molar-refractivity contribution in [2.75, 3.05) is 0 Å². The number of ketones is 1. The number of fused-ring (bicyclic) bond motifs is 2. The summed E-state index contributed by atoms with van der Waals surface area (Å²) in [6.07, 6.45) is -5.17. The van der Waals surface area contributed by atoms with Crippen LogP contribution < -0.4 is 0 Å². The molecule has 4 rings (SSSR count). The first-order valence-electron chi connectivity index (χ1n) is 8.02. The number of pyridine rings is 1. The first-order valence-corrected chi connectivity index (χ1v) is 8.02. The van der Waals surface area contributed by atoms with Crippen LogP contribution >= 0.6 is 0 Å². The van der Waals surface area contributed by atoms with Gasteiger partial charge in [-0.3, -0.25) is 9.78 Å². The molecule has 2 nitrogen and oxygen atoms in total. The summed E-state index contributed by atoms with van der Waals surface area (Å²) in [4.78, 5) is 17.0. The standard InChI is InChI=1S/C20H14F3NO/c21-20(22,23)13-10-16-19(17(25)11-13)18(12-6-2-1-3-7-12)14-8-4-5-9-15(14)24-16/h1-9,13H,10-11H2. The lowest BCUT2D eigenvalue weighted by molar-refractivity contribution is -0.174. The van der Waals surface area contributed by atoms with Crippen molar-refractivity contribution in [3.05, 3.63) is 65.9 Å². The molecule has 0 spiro atoms. The maximum atomic E-state index is 13.2. The Morgan fingerprint density at radius 3 is 2.28 bits per heavy atom. The molecule has 0 saturated heterocycles. The Labute approximate surface area is 142 Å². The molecule has 0 N–H and O–H groups in total. The van der Waals surface area contributed by atoms with Crippen molar-refractivity contribution in [2.45, 2.75) is 19.0 Å². The van der Waals surface area contributed by atoms with Crippen molar-refractivity contribution in [1.29, 1.82) is 0 Å². The predicted octanol–water partition coefficient (Wildman–Crippen LogP) is 5.21. The SMILES string of the molecule is O=C1CC(C(F)(F)F)Cc2nc3ccccc3c(-c3ccccc3)c21. The van der Waals surface area contributed by atoms with Gasteiger partial charge in [0.2, 0.25) is 0 Å². The molecule has 1 atom stereocenters. The molecular formula is C20H14F3NO. The summed E-state index contributed by atoms with van der Waals surface area (Å²) in [6.45, 7) is 0. The molecule has 2 aromatic carbocycles. The predicted molar refractivity (Wildman–Crippen MR) is 89.4 cm³/mol. The first-order chi connectivity index (χ1) is 11.9. The van der Waals surface area contributed by atoms with E-state index in [1.54, 1.807) is 12.1 Å². The van der Waals surface area contributed by atoms with Gasteiger partial charge in [0.05, 0.1) is 17.1 Å². The van der Waals surface area contributed by atoms with Crippen LogP contribution in [0, 0.1) is 5.92 Å². The van der Waals surface area contributed by atoms with E-state index in [1.165, 1.54) is 0 Å². The van der Waals surface area contributed by atoms with Gasteiger partial charge >= 0.3 is 6.18 Å². The Morgan fingerprint density at radius 1 is 0.880 bits per heavy atom. The summed E-state index contributed by atoms with van der Waals surface area (Å²) in [5, 5.41) is 0.784. The number of Topliss-reactive ketones (excluding diaryl/α,β-unsaturated/α-hetero) is 1. The molecule has 0 bridgehead atoms. The van der Waals surface area contributed by atoms with Gasteiger partial charge < -0.3 is 0 Å². The molecule has 1 aliphatic carbocycles. The Kier molecular flexibility index (Phi) is 3.60. The van der Waals surface area contributed by atoms with Gasteiger partial charge in [-0.05, 0) is 11.6 Å². The molecule has 25 heavy (non-hydrogen) atoms. The highest BCUT2D eigenvalue weighted by Crippen LogP contribution is 2.41. The zero-order valence-electron chi connectivity index (χ0n) is 13.2. The van der Waals surface area contributed by atoms with E-state index in [1.807, 2.05) is 42.5 Å². The second-order valence-corrected chi connectivity index (χ2v) is 6.26. The fraction of sp³-hybridized carbons (Fsp3) is 0.200. The third kappa shape index (κ3) is 2.69. The van der Waals surface area contributed by atoms with Crippen molar-refractivity contribution >= 4 is 16.7 Å². The fourth-order valence-electron chi connectivity index (χ4n) is 3.48. The van der Waals surface area contributed by atoms with Crippen LogP contribution in [0.5, 0.6) is 0 Å². The second kappa shape index (κ2) is 5.69. The van der Waals surface area contributed by atoms with E-state index in [9.17, 15) is 18.0 Å². The molecule has 0 amide bonds. The van der Waals surface area contributed by atoms with Crippen LogP contribution in [0.4, 0.5) is 13.2 Å². The molecule has 5 heteroatoms. The maximum absolute atomic E-state index is 13.2. The summed E-state index contributed by atoms with van der Waals surface area (Å²) in [6, 6.07) is 16.6. The minimum atomic E-state index is -4.40. The van der Waals surface area contributed by atoms with E-state index in [2.05, 4.69) is 4.98 Å². The lowest BCUT2D eigenvalue weighted by atomic mass is 9.81. The number of aromatic nitrogens is 1. The van der Waals surface area contributed by atoms with Crippen molar-refractivity contribution in [3.63, 3.8) is 0 Å². The topological polar surface area (TPSA) is 30.0 Å². The Morgan fingerprint density at radius 2 is 1.56 bits per heavy atom. The zero-order chi connectivity index (χ0) is 17.6. The highest BCUT2D eigenvalue weighted by atomic mass is 19.4. The van der Waals surface area contributed by atoms with E-state index >= 15 is 0 Å². The van der Waals surface area contributed by atoms with Gasteiger partial charge in [0.15, 0.2) is 5.78 Å². The minimum absolute atomic E-state index is 0.246. The first kappa shape index (κ1) is 15.8. The fourth-order valence-corrected chi connectivity index (χ4v) is 3.48. The second-order valence-electron chi connectivity index (χ2n) is 6.26. The van der Waals surface area contributed by atoms with E-state index in [0.29, 0.717) is 16.6 Å². The number of hydrogen-bond donors (Lipinski definition) is 0. The summed E-state index contributed by atoms with van der Waals surface area (Å²) in [5.74, 6) is -2.15. The summed E-state index contributed by atoms with van der Waals surface area (Å²) >= 11 is 0. The third-order valence-corrected chi connectivity index (χ3v) is 4.64. The number of alkyl halides is 3. The van der Waals surface area contributed by atoms with E-state index in [0.717, 1.165) is 10.9 Å². The number of benzene rings is 2. The normalized spacial score (nSPS) is 17.6. The maximum Gasteiger partial charge on any atom is 0.392 e. The average Bonchev–Trinajstić information content (AvgIpc) is 2.59. The van der Waals surface area contributed by atoms with Gasteiger partial charge in [-0.25, -0.2) is 0 Å². The molecule has 0 radical (unpaired) electrons. The van der Waals surface area contributed by atoms with Gasteiger partial charge in [-0.15, -0.1) is 0 Å². The molecule has 1 aliphatic rings. The number of hydrogen-bond acceptors (Lipinski definition) is 2. The molecule has 1 unspecified atom stereocenters. The van der Waals surface area contributed by atoms with Crippen molar-refractivity contribution in [2.24, 2.45) is 5.92 Å². The molecule has 3 aromatic rings. The van der Waals surface area contributed by atoms with Crippen LogP contribution in [0.25, 0.3) is 22.0 Å². The molecule has 0 fully saturated rings. The Hall–Kier alpha value is -2.69. The van der Waals surface area contributed by atoms with E-state index in [-0.39, 0.29) is 12.1 Å². The minimum Gasteiger partial charge on any atom is -0.294 e. The third-order valence-electron chi connectivity index (χ3n) is 4.64. The van der Waals surface area contributed by atoms with Crippen LogP contribution in [-0.2, 0) is 6.42 Å². The number of para-hydroxylation sites is 1. The largest absolute Gasteiger partial charge is 0.392 e. The summed E-state index contributed by atoms with van der Waals surface area (Å²) in [5.41, 5.74) is 2.69. The number of carbonyl (C=O) groups is 1. The van der Waals surface area contributed by atoms with Crippen LogP contribution in [-0.4, -0.2) is 16.9 Å². The number of nitrogens with zero attached hydrogens (tertiary/aromatic N) is 1. The summed E-state index contributed by atoms with van der Waals surface area (Å²) < 4.78 is 39.5. The highest BCUT2D eigenvalue weighted by Gasteiger charge is 2.45. The lowest BCUT2D eigenvalue weighted by Gasteiger charge is -2.27. The zero-order valence-corrected chi connectivity index (χ0v) is 13.2. The quantitative estimate of drug-likeness (QED) is 0.608.